The summed E-state index contributed by atoms with van der Waals surface area (Å²) < 4.78 is 6.07. The highest BCUT2D eigenvalue weighted by Gasteiger charge is 2.57. The first-order valence-electron chi connectivity index (χ1n) is 10.5. The fraction of sp³-hybridized carbons (Fsp3) is 0.900. The van der Waals surface area contributed by atoms with Gasteiger partial charge in [-0.1, -0.05) is 13.8 Å². The van der Waals surface area contributed by atoms with Crippen LogP contribution in [0.3, 0.4) is 0 Å². The molecule has 3 heterocycles. The maximum absolute atomic E-state index is 12.7. The molecule has 2 bridgehead atoms. The zero-order valence-corrected chi connectivity index (χ0v) is 17.1. The van der Waals surface area contributed by atoms with E-state index in [1.165, 1.54) is 0 Å². The number of amides is 2. The molecule has 0 saturated carbocycles. The maximum atomic E-state index is 12.7. The minimum Gasteiger partial charge on any atom is -0.390 e. The van der Waals surface area contributed by atoms with Crippen molar-refractivity contribution in [1.29, 1.82) is 0 Å². The highest BCUT2D eigenvalue weighted by Crippen LogP contribution is 2.46. The van der Waals surface area contributed by atoms with Gasteiger partial charge in [0.25, 0.3) is 0 Å². The molecule has 0 aromatic rings. The summed E-state index contributed by atoms with van der Waals surface area (Å²) in [5, 5.41) is 13.8. The second kappa shape index (κ2) is 8.45. The van der Waals surface area contributed by atoms with E-state index < -0.39 is 6.10 Å². The molecular weight excluding hydrogens is 346 g/mol. The minimum atomic E-state index is -0.553. The van der Waals surface area contributed by atoms with Crippen molar-refractivity contribution in [3.8, 4) is 0 Å². The van der Waals surface area contributed by atoms with Gasteiger partial charge in [-0.15, -0.1) is 0 Å². The molecule has 3 saturated heterocycles. The molecule has 0 aliphatic carbocycles. The van der Waals surface area contributed by atoms with Crippen LogP contribution in [0.5, 0.6) is 0 Å². The third kappa shape index (κ3) is 4.15. The van der Waals surface area contributed by atoms with Crippen LogP contribution in [0.2, 0.25) is 0 Å². The number of carbonyl (C=O) groups is 2. The molecule has 7 heteroatoms. The molecule has 0 aromatic carbocycles. The topological polar surface area (TPSA) is 82.1 Å². The fourth-order valence-corrected chi connectivity index (χ4v) is 4.97. The summed E-state index contributed by atoms with van der Waals surface area (Å²) in [4.78, 5) is 29.1. The van der Waals surface area contributed by atoms with Crippen LogP contribution in [0.25, 0.3) is 0 Å². The first-order valence-corrected chi connectivity index (χ1v) is 10.5. The Morgan fingerprint density at radius 2 is 1.89 bits per heavy atom. The van der Waals surface area contributed by atoms with Crippen molar-refractivity contribution >= 4 is 11.8 Å². The van der Waals surface area contributed by atoms with Gasteiger partial charge in [0.2, 0.25) is 11.8 Å². The molecule has 0 aromatic heterocycles. The summed E-state index contributed by atoms with van der Waals surface area (Å²) >= 11 is 0. The molecule has 3 aliphatic rings. The molecular formula is C20H35N3O4. The molecule has 2 N–H and O–H groups in total. The van der Waals surface area contributed by atoms with Gasteiger partial charge in [-0.25, -0.2) is 0 Å². The number of hydrogen-bond acceptors (Lipinski definition) is 5. The number of carbonyl (C=O) groups excluding carboxylic acids is 2. The number of ether oxygens (including phenoxy) is 1. The molecule has 7 nitrogen and oxygen atoms in total. The molecule has 0 radical (unpaired) electrons. The van der Waals surface area contributed by atoms with Crippen LogP contribution in [0.1, 0.15) is 34.1 Å². The number of fused-ring (bicyclic) bond motifs is 4. The second-order valence-corrected chi connectivity index (χ2v) is 8.70. The average molecular weight is 382 g/mol. The average Bonchev–Trinajstić information content (AvgIpc) is 3.22. The summed E-state index contributed by atoms with van der Waals surface area (Å²) in [6.07, 6.45) is -0.363. The molecule has 2 amide bonds. The molecule has 6 atom stereocenters. The smallest absolute Gasteiger partial charge is 0.236 e. The Labute approximate surface area is 162 Å². The van der Waals surface area contributed by atoms with Gasteiger partial charge in [0, 0.05) is 44.6 Å². The van der Waals surface area contributed by atoms with Crippen molar-refractivity contribution in [2.45, 2.75) is 52.4 Å². The lowest BCUT2D eigenvalue weighted by molar-refractivity contribution is -0.140. The van der Waals surface area contributed by atoms with Gasteiger partial charge >= 0.3 is 0 Å². The number of rotatable bonds is 7. The normalized spacial score (nSPS) is 35.3. The lowest BCUT2D eigenvalue weighted by Crippen LogP contribution is -2.47. The van der Waals surface area contributed by atoms with Gasteiger partial charge in [-0.05, 0) is 26.2 Å². The summed E-state index contributed by atoms with van der Waals surface area (Å²) in [7, 11) is 0. The van der Waals surface area contributed by atoms with Crippen molar-refractivity contribution in [2.24, 2.45) is 23.7 Å². The molecule has 3 fully saturated rings. The number of nitrogens with one attached hydrogen (secondary N) is 1. The SMILES string of the molecule is CCN(CC)C(=O)CN1C[C@H]2[C@H](O)[C@@H]3CC(C(=O)NCC(C)C)[C@@H](O3)[C@H]2C1. The van der Waals surface area contributed by atoms with Crippen molar-refractivity contribution in [1.82, 2.24) is 15.1 Å². The van der Waals surface area contributed by atoms with Crippen LogP contribution < -0.4 is 5.32 Å². The quantitative estimate of drug-likeness (QED) is 0.664. The lowest BCUT2D eigenvalue weighted by Gasteiger charge is -2.36. The summed E-state index contributed by atoms with van der Waals surface area (Å²) in [6.45, 7) is 12.0. The number of likely N-dealkylation sites (N-methyl/N-ethyl adjacent to an activating group) is 1. The highest BCUT2D eigenvalue weighted by atomic mass is 16.5. The van der Waals surface area contributed by atoms with Crippen LogP contribution in [-0.4, -0.2) is 84.3 Å². The third-order valence-corrected chi connectivity index (χ3v) is 6.44. The molecule has 1 unspecified atom stereocenters. The Hall–Kier alpha value is -1.18. The van der Waals surface area contributed by atoms with E-state index in [0.717, 1.165) is 0 Å². The Bertz CT molecular complexity index is 551. The Morgan fingerprint density at radius 3 is 2.52 bits per heavy atom. The van der Waals surface area contributed by atoms with Gasteiger partial charge in [-0.3, -0.25) is 14.5 Å². The molecule has 27 heavy (non-hydrogen) atoms. The van der Waals surface area contributed by atoms with Crippen LogP contribution >= 0.6 is 0 Å². The predicted molar refractivity (Wildman–Crippen MR) is 102 cm³/mol. The van der Waals surface area contributed by atoms with E-state index >= 15 is 0 Å². The van der Waals surface area contributed by atoms with Crippen molar-refractivity contribution < 1.29 is 19.4 Å². The Balaban J connectivity index is 1.65. The van der Waals surface area contributed by atoms with Gasteiger partial charge in [0.05, 0.1) is 30.8 Å². The van der Waals surface area contributed by atoms with Crippen LogP contribution in [-0.2, 0) is 14.3 Å². The number of aliphatic hydroxyl groups excluding tert-OH is 1. The summed E-state index contributed by atoms with van der Waals surface area (Å²) in [5.41, 5.74) is 0. The van der Waals surface area contributed by atoms with Gasteiger partial charge < -0.3 is 20.1 Å². The largest absolute Gasteiger partial charge is 0.390 e. The zero-order valence-electron chi connectivity index (χ0n) is 17.1. The zero-order chi connectivity index (χ0) is 19.7. The second-order valence-electron chi connectivity index (χ2n) is 8.70. The van der Waals surface area contributed by atoms with Gasteiger partial charge in [0.15, 0.2) is 0 Å². The minimum absolute atomic E-state index is 0.0433. The maximum Gasteiger partial charge on any atom is 0.236 e. The molecule has 0 spiro atoms. The predicted octanol–water partition coefficient (Wildman–Crippen LogP) is 0.323. The molecule has 154 valence electrons. The van der Waals surface area contributed by atoms with E-state index in [9.17, 15) is 14.7 Å². The van der Waals surface area contributed by atoms with E-state index in [-0.39, 0.29) is 41.8 Å². The standard InChI is InChI=1S/C20H35N3O4/c1-5-23(6-2)17(24)11-22-9-14-15(10-22)19-13(7-16(27-19)18(14)25)20(26)21-8-12(3)4/h12-16,18-19,25H,5-11H2,1-4H3,(H,21,26)/t13?,14-,15+,16+,18+,19-/m1/s1. The molecule has 3 rings (SSSR count). The number of aliphatic hydroxyl groups is 1. The van der Waals surface area contributed by atoms with Crippen molar-refractivity contribution in [3.05, 3.63) is 0 Å². The van der Waals surface area contributed by atoms with E-state index in [0.29, 0.717) is 51.6 Å². The fourth-order valence-electron chi connectivity index (χ4n) is 4.97. The van der Waals surface area contributed by atoms with Gasteiger partial charge in [0.1, 0.15) is 0 Å². The van der Waals surface area contributed by atoms with E-state index in [2.05, 4.69) is 24.1 Å². The van der Waals surface area contributed by atoms with Crippen molar-refractivity contribution in [2.75, 3.05) is 39.3 Å². The first-order chi connectivity index (χ1) is 12.8. The van der Waals surface area contributed by atoms with E-state index in [1.807, 2.05) is 18.7 Å². The number of hydrogen-bond donors (Lipinski definition) is 2. The van der Waals surface area contributed by atoms with Crippen LogP contribution in [0.4, 0.5) is 0 Å². The third-order valence-electron chi connectivity index (χ3n) is 6.44. The van der Waals surface area contributed by atoms with E-state index in [1.54, 1.807) is 0 Å². The van der Waals surface area contributed by atoms with E-state index in [4.69, 9.17) is 4.74 Å². The lowest BCUT2D eigenvalue weighted by atomic mass is 9.83. The van der Waals surface area contributed by atoms with Crippen LogP contribution in [0, 0.1) is 23.7 Å². The van der Waals surface area contributed by atoms with Gasteiger partial charge in [-0.2, -0.15) is 0 Å². The summed E-state index contributed by atoms with van der Waals surface area (Å²) in [6, 6.07) is 0. The Morgan fingerprint density at radius 1 is 1.22 bits per heavy atom. The Kier molecular flexibility index (Phi) is 6.43. The number of likely N-dealkylation sites (tertiary alicyclic amines) is 1. The monoisotopic (exact) mass is 381 g/mol. The molecule has 3 aliphatic heterocycles. The first kappa shape index (κ1) is 20.6. The number of nitrogens with zero attached hydrogens (tertiary/aromatic N) is 2. The highest BCUT2D eigenvalue weighted by molar-refractivity contribution is 5.80. The van der Waals surface area contributed by atoms with Crippen LogP contribution in [0.15, 0.2) is 0 Å². The van der Waals surface area contributed by atoms with Crippen molar-refractivity contribution in [3.63, 3.8) is 0 Å². The summed E-state index contributed by atoms with van der Waals surface area (Å²) in [5.74, 6) is 0.574.